The molecule has 0 aromatic carbocycles. The van der Waals surface area contributed by atoms with E-state index in [2.05, 4.69) is 36.5 Å². The number of carboxylic acids is 1. The summed E-state index contributed by atoms with van der Waals surface area (Å²) in [6.45, 7) is 5.37. The Balaban J connectivity index is 0. The standard InChI is InChI=1S/C18H32O2.C4H13N3/c1-2-3-4-5-6-7-8-9-10-11-12-13-14-15-16-17-18(19)20;5-1-3-7-4-2-6/h6-7,9-10H,2-5,8,11-17H2,1H3,(H,19,20);7H,1-6H2/b7-6+,10-9+;. The zero-order valence-corrected chi connectivity index (χ0v) is 17.6. The summed E-state index contributed by atoms with van der Waals surface area (Å²) < 4.78 is 0. The largest absolute Gasteiger partial charge is 0.481 e. The highest BCUT2D eigenvalue weighted by molar-refractivity contribution is 5.66. The number of nitrogens with one attached hydrogen (secondary N) is 1. The maximum absolute atomic E-state index is 10.3. The van der Waals surface area contributed by atoms with E-state index in [0.29, 0.717) is 19.5 Å². The molecule has 0 aromatic heterocycles. The highest BCUT2D eigenvalue weighted by Crippen LogP contribution is 2.08. The third-order valence-electron chi connectivity index (χ3n) is 3.98. The Labute approximate surface area is 167 Å². The van der Waals surface area contributed by atoms with E-state index in [1.165, 1.54) is 44.9 Å². The first-order valence-corrected chi connectivity index (χ1v) is 10.8. The Bertz CT molecular complexity index is 340. The fraction of sp³-hybridized carbons (Fsp3) is 0.773. The van der Waals surface area contributed by atoms with Gasteiger partial charge in [-0.15, -0.1) is 0 Å². The highest BCUT2D eigenvalue weighted by Gasteiger charge is 1.95. The van der Waals surface area contributed by atoms with Crippen LogP contribution in [-0.2, 0) is 4.79 Å². The van der Waals surface area contributed by atoms with Gasteiger partial charge >= 0.3 is 5.97 Å². The van der Waals surface area contributed by atoms with Crippen molar-refractivity contribution in [3.63, 3.8) is 0 Å². The molecule has 0 aromatic rings. The minimum atomic E-state index is -0.671. The first kappa shape index (κ1) is 28.0. The maximum atomic E-state index is 10.3. The molecule has 6 N–H and O–H groups in total. The molecule has 27 heavy (non-hydrogen) atoms. The molecular weight excluding hydrogens is 338 g/mol. The number of rotatable bonds is 18. The monoisotopic (exact) mass is 383 g/mol. The van der Waals surface area contributed by atoms with Crippen molar-refractivity contribution in [2.24, 2.45) is 11.5 Å². The molecule has 0 bridgehead atoms. The zero-order chi connectivity index (χ0) is 20.4. The molecule has 0 heterocycles. The van der Waals surface area contributed by atoms with Crippen LogP contribution in [-0.4, -0.2) is 37.3 Å². The molecule has 0 amide bonds. The van der Waals surface area contributed by atoms with Crippen molar-refractivity contribution in [1.82, 2.24) is 5.32 Å². The second-order valence-electron chi connectivity index (χ2n) is 6.70. The molecule has 0 unspecified atom stereocenters. The molecule has 0 aliphatic heterocycles. The molecule has 0 rings (SSSR count). The van der Waals surface area contributed by atoms with Gasteiger partial charge in [-0.2, -0.15) is 0 Å². The van der Waals surface area contributed by atoms with Gasteiger partial charge in [-0.3, -0.25) is 4.79 Å². The SMILES string of the molecule is CCCCC/C=C/C/C=C/CCCCCCCC(=O)O.NCCNCCN. The van der Waals surface area contributed by atoms with Gasteiger partial charge in [-0.05, 0) is 38.5 Å². The molecule has 160 valence electrons. The van der Waals surface area contributed by atoms with Gasteiger partial charge in [-0.1, -0.05) is 63.3 Å². The average Bonchev–Trinajstić information content (AvgIpc) is 2.65. The van der Waals surface area contributed by atoms with Crippen LogP contribution in [0.3, 0.4) is 0 Å². The molecule has 0 radical (unpaired) electrons. The summed E-state index contributed by atoms with van der Waals surface area (Å²) in [7, 11) is 0. The number of hydrogen-bond acceptors (Lipinski definition) is 4. The van der Waals surface area contributed by atoms with Crippen molar-refractivity contribution in [3.8, 4) is 0 Å². The lowest BCUT2D eigenvalue weighted by Gasteiger charge is -1.98. The second-order valence-corrected chi connectivity index (χ2v) is 6.70. The molecular formula is C22H45N3O2. The van der Waals surface area contributed by atoms with E-state index < -0.39 is 5.97 Å². The van der Waals surface area contributed by atoms with Gasteiger partial charge in [0.05, 0.1) is 0 Å². The molecule has 0 fully saturated rings. The summed E-state index contributed by atoms with van der Waals surface area (Å²) in [6, 6.07) is 0. The molecule has 0 saturated carbocycles. The topological polar surface area (TPSA) is 101 Å². The summed E-state index contributed by atoms with van der Waals surface area (Å²) in [5.74, 6) is -0.671. The Morgan fingerprint density at radius 1 is 0.815 bits per heavy atom. The van der Waals surface area contributed by atoms with E-state index in [9.17, 15) is 4.79 Å². The van der Waals surface area contributed by atoms with Gasteiger partial charge in [0.2, 0.25) is 0 Å². The summed E-state index contributed by atoms with van der Waals surface area (Å²) in [5, 5.41) is 11.5. The third kappa shape index (κ3) is 32.9. The van der Waals surface area contributed by atoms with Crippen LogP contribution in [0.5, 0.6) is 0 Å². The lowest BCUT2D eigenvalue weighted by atomic mass is 10.1. The lowest BCUT2D eigenvalue weighted by Crippen LogP contribution is -2.27. The predicted octanol–water partition coefficient (Wildman–Crippen LogP) is 4.38. The molecule has 0 aliphatic rings. The molecule has 5 heteroatoms. The molecule has 5 nitrogen and oxygen atoms in total. The van der Waals surface area contributed by atoms with Gasteiger partial charge in [0.15, 0.2) is 0 Å². The number of nitrogens with two attached hydrogens (primary N) is 2. The maximum Gasteiger partial charge on any atom is 0.303 e. The smallest absolute Gasteiger partial charge is 0.303 e. The molecule has 0 saturated heterocycles. The fourth-order valence-electron chi connectivity index (χ4n) is 2.42. The normalized spacial score (nSPS) is 11.1. The number of unbranched alkanes of at least 4 members (excludes halogenated alkanes) is 8. The summed E-state index contributed by atoms with van der Waals surface area (Å²) in [4.78, 5) is 10.3. The Kier molecular flexibility index (Phi) is 28.1. The van der Waals surface area contributed by atoms with Crippen LogP contribution in [0.1, 0.15) is 84.0 Å². The second kappa shape index (κ2) is 27.1. The van der Waals surface area contributed by atoms with Crippen molar-refractivity contribution in [2.45, 2.75) is 84.0 Å². The summed E-state index contributed by atoms with van der Waals surface area (Å²) in [6.07, 6.45) is 22.3. The lowest BCUT2D eigenvalue weighted by molar-refractivity contribution is -0.137. The van der Waals surface area contributed by atoms with E-state index in [4.69, 9.17) is 16.6 Å². The van der Waals surface area contributed by atoms with E-state index in [1.54, 1.807) is 0 Å². The predicted molar refractivity (Wildman–Crippen MR) is 118 cm³/mol. The first-order chi connectivity index (χ1) is 13.2. The number of carbonyl (C=O) groups is 1. The zero-order valence-electron chi connectivity index (χ0n) is 17.6. The summed E-state index contributed by atoms with van der Waals surface area (Å²) >= 11 is 0. The minimum absolute atomic E-state index is 0.324. The Morgan fingerprint density at radius 3 is 1.85 bits per heavy atom. The molecule has 0 atom stereocenters. The molecule has 0 aliphatic carbocycles. The van der Waals surface area contributed by atoms with E-state index in [1.807, 2.05) is 0 Å². The van der Waals surface area contributed by atoms with Crippen LogP contribution >= 0.6 is 0 Å². The van der Waals surface area contributed by atoms with E-state index in [-0.39, 0.29) is 0 Å². The van der Waals surface area contributed by atoms with Crippen LogP contribution in [0, 0.1) is 0 Å². The van der Waals surface area contributed by atoms with Gasteiger partial charge in [0.1, 0.15) is 0 Å². The van der Waals surface area contributed by atoms with Crippen molar-refractivity contribution in [1.29, 1.82) is 0 Å². The number of aliphatic carboxylic acids is 1. The van der Waals surface area contributed by atoms with Crippen LogP contribution in [0.15, 0.2) is 24.3 Å². The van der Waals surface area contributed by atoms with Crippen LogP contribution in [0.2, 0.25) is 0 Å². The van der Waals surface area contributed by atoms with E-state index in [0.717, 1.165) is 38.8 Å². The first-order valence-electron chi connectivity index (χ1n) is 10.8. The van der Waals surface area contributed by atoms with Gasteiger partial charge < -0.3 is 21.9 Å². The van der Waals surface area contributed by atoms with Gasteiger partial charge in [0, 0.05) is 32.6 Å². The number of carboxylic acid groups (broad SMARTS) is 1. The quantitative estimate of drug-likeness (QED) is 0.208. The summed E-state index contributed by atoms with van der Waals surface area (Å²) in [5.41, 5.74) is 10.3. The minimum Gasteiger partial charge on any atom is -0.481 e. The van der Waals surface area contributed by atoms with Gasteiger partial charge in [0.25, 0.3) is 0 Å². The fourth-order valence-corrected chi connectivity index (χ4v) is 2.42. The van der Waals surface area contributed by atoms with Crippen LogP contribution < -0.4 is 16.8 Å². The Hall–Kier alpha value is -1.17. The number of hydrogen-bond donors (Lipinski definition) is 4. The Morgan fingerprint density at radius 2 is 1.33 bits per heavy atom. The molecule has 0 spiro atoms. The third-order valence-corrected chi connectivity index (χ3v) is 3.98. The average molecular weight is 384 g/mol. The van der Waals surface area contributed by atoms with Crippen LogP contribution in [0.4, 0.5) is 0 Å². The van der Waals surface area contributed by atoms with Crippen molar-refractivity contribution >= 4 is 5.97 Å². The van der Waals surface area contributed by atoms with Crippen molar-refractivity contribution in [3.05, 3.63) is 24.3 Å². The van der Waals surface area contributed by atoms with Crippen molar-refractivity contribution in [2.75, 3.05) is 26.2 Å². The van der Waals surface area contributed by atoms with Crippen molar-refractivity contribution < 1.29 is 9.90 Å². The van der Waals surface area contributed by atoms with E-state index >= 15 is 0 Å². The van der Waals surface area contributed by atoms with Crippen LogP contribution in [0.25, 0.3) is 0 Å². The van der Waals surface area contributed by atoms with Gasteiger partial charge in [-0.25, -0.2) is 0 Å². The number of allylic oxidation sites excluding steroid dienone is 4. The highest BCUT2D eigenvalue weighted by atomic mass is 16.4.